The predicted octanol–water partition coefficient (Wildman–Crippen LogP) is 0.900. The Morgan fingerprint density at radius 2 is 1.89 bits per heavy atom. The Morgan fingerprint density at radius 3 is 2.53 bits per heavy atom. The van der Waals surface area contributed by atoms with Crippen LogP contribution in [-0.2, 0) is 14.3 Å². The molecule has 1 aromatic heterocycles. The number of methoxy groups -OCH3 is 2. The summed E-state index contributed by atoms with van der Waals surface area (Å²) in [6.07, 6.45) is 2.68. The van der Waals surface area contributed by atoms with Gasteiger partial charge < -0.3 is 20.1 Å². The third kappa shape index (κ3) is 6.56. The molecule has 0 saturated heterocycles. The van der Waals surface area contributed by atoms with Crippen molar-refractivity contribution in [1.82, 2.24) is 9.97 Å². The second kappa shape index (κ2) is 9.09. The first-order chi connectivity index (χ1) is 9.26. The number of hydrogen-bond acceptors (Lipinski definition) is 7. The molecule has 7 nitrogen and oxygen atoms in total. The molecule has 0 aromatic carbocycles. The summed E-state index contributed by atoms with van der Waals surface area (Å²) in [7, 11) is 3.04. The Labute approximate surface area is 112 Å². The molecule has 7 heteroatoms. The summed E-state index contributed by atoms with van der Waals surface area (Å²) in [4.78, 5) is 19.1. The van der Waals surface area contributed by atoms with Crippen LogP contribution in [0.3, 0.4) is 0 Å². The van der Waals surface area contributed by atoms with E-state index in [-0.39, 0.29) is 5.97 Å². The minimum atomic E-state index is -0.250. The van der Waals surface area contributed by atoms with Crippen molar-refractivity contribution in [3.8, 4) is 0 Å². The van der Waals surface area contributed by atoms with Crippen LogP contribution in [0.4, 0.5) is 11.6 Å². The number of anilines is 2. The lowest BCUT2D eigenvalue weighted by molar-refractivity contribution is -0.140. The maximum Gasteiger partial charge on any atom is 0.307 e. The monoisotopic (exact) mass is 268 g/mol. The van der Waals surface area contributed by atoms with Crippen LogP contribution < -0.4 is 10.6 Å². The van der Waals surface area contributed by atoms with Crippen LogP contribution in [0.5, 0.6) is 0 Å². The fraction of sp³-hybridized carbons (Fsp3) is 0.583. The summed E-state index contributed by atoms with van der Waals surface area (Å²) in [5.41, 5.74) is 0. The van der Waals surface area contributed by atoms with E-state index in [4.69, 9.17) is 4.74 Å². The van der Waals surface area contributed by atoms with Crippen LogP contribution in [-0.4, -0.2) is 49.9 Å². The van der Waals surface area contributed by atoms with Gasteiger partial charge in [-0.2, -0.15) is 0 Å². The molecule has 1 aromatic rings. The molecule has 2 N–H and O–H groups in total. The van der Waals surface area contributed by atoms with E-state index in [1.54, 1.807) is 13.2 Å². The molecule has 106 valence electrons. The first kappa shape index (κ1) is 15.2. The van der Waals surface area contributed by atoms with Gasteiger partial charge in [-0.15, -0.1) is 0 Å². The van der Waals surface area contributed by atoms with E-state index in [1.165, 1.54) is 13.4 Å². The summed E-state index contributed by atoms with van der Waals surface area (Å²) < 4.78 is 9.51. The lowest BCUT2D eigenvalue weighted by atomic mass is 10.4. The van der Waals surface area contributed by atoms with E-state index in [2.05, 4.69) is 25.3 Å². The molecule has 0 bridgehead atoms. The van der Waals surface area contributed by atoms with Gasteiger partial charge in [-0.3, -0.25) is 4.79 Å². The molecule has 0 radical (unpaired) electrons. The lowest BCUT2D eigenvalue weighted by Gasteiger charge is -2.08. The highest BCUT2D eigenvalue weighted by atomic mass is 16.5. The zero-order valence-corrected chi connectivity index (χ0v) is 11.3. The highest BCUT2D eigenvalue weighted by Crippen LogP contribution is 2.08. The van der Waals surface area contributed by atoms with Crippen LogP contribution in [0, 0.1) is 0 Å². The second-order valence-corrected chi connectivity index (χ2v) is 3.81. The van der Waals surface area contributed by atoms with E-state index < -0.39 is 0 Å². The maximum absolute atomic E-state index is 11.0. The number of carbonyl (C=O) groups excluding carboxylic acids is 1. The van der Waals surface area contributed by atoms with Gasteiger partial charge >= 0.3 is 5.97 Å². The first-order valence-electron chi connectivity index (χ1n) is 6.12. The number of ether oxygens (including phenoxy) is 2. The predicted molar refractivity (Wildman–Crippen MR) is 72.1 cm³/mol. The highest BCUT2D eigenvalue weighted by Gasteiger charge is 2.01. The second-order valence-electron chi connectivity index (χ2n) is 3.81. The molecule has 0 amide bonds. The maximum atomic E-state index is 11.0. The van der Waals surface area contributed by atoms with Crippen molar-refractivity contribution in [2.45, 2.75) is 12.8 Å². The zero-order chi connectivity index (χ0) is 13.9. The lowest BCUT2D eigenvalue weighted by Crippen LogP contribution is -2.11. The summed E-state index contributed by atoms with van der Waals surface area (Å²) in [6, 6.07) is 1.80. The Balaban J connectivity index is 2.32. The van der Waals surface area contributed by atoms with Gasteiger partial charge in [-0.25, -0.2) is 9.97 Å². The SMILES string of the molecule is COCCCNc1cc(NCCC(=O)OC)ncn1. The quantitative estimate of drug-likeness (QED) is 0.508. The number of nitrogens with one attached hydrogen (secondary N) is 2. The molecular weight excluding hydrogens is 248 g/mol. The van der Waals surface area contributed by atoms with Crippen molar-refractivity contribution >= 4 is 17.6 Å². The fourth-order valence-corrected chi connectivity index (χ4v) is 1.38. The molecule has 0 saturated carbocycles. The zero-order valence-electron chi connectivity index (χ0n) is 11.3. The average molecular weight is 268 g/mol. The Bertz CT molecular complexity index is 387. The number of aromatic nitrogens is 2. The van der Waals surface area contributed by atoms with Crippen molar-refractivity contribution < 1.29 is 14.3 Å². The fourth-order valence-electron chi connectivity index (χ4n) is 1.38. The Kier molecular flexibility index (Phi) is 7.26. The van der Waals surface area contributed by atoms with E-state index in [0.717, 1.165) is 18.8 Å². The molecule has 19 heavy (non-hydrogen) atoms. The van der Waals surface area contributed by atoms with Gasteiger partial charge in [-0.05, 0) is 6.42 Å². The number of rotatable bonds is 9. The van der Waals surface area contributed by atoms with E-state index in [9.17, 15) is 4.79 Å². The average Bonchev–Trinajstić information content (AvgIpc) is 2.44. The molecule has 0 atom stereocenters. The molecule has 0 aliphatic rings. The van der Waals surface area contributed by atoms with Crippen molar-refractivity contribution in [2.75, 3.05) is 44.5 Å². The minimum absolute atomic E-state index is 0.250. The van der Waals surface area contributed by atoms with Crippen LogP contribution in [0.2, 0.25) is 0 Å². The van der Waals surface area contributed by atoms with E-state index in [1.807, 2.05) is 0 Å². The summed E-state index contributed by atoms with van der Waals surface area (Å²) in [5.74, 6) is 1.17. The third-order valence-corrected chi connectivity index (χ3v) is 2.36. The first-order valence-corrected chi connectivity index (χ1v) is 6.12. The standard InChI is InChI=1S/C12H20N4O3/c1-18-7-3-5-13-10-8-11(16-9-15-10)14-6-4-12(17)19-2/h8-9H,3-7H2,1-2H3,(H2,13,14,15,16). The molecule has 0 unspecified atom stereocenters. The van der Waals surface area contributed by atoms with Gasteiger partial charge in [-0.1, -0.05) is 0 Å². The molecule has 0 fully saturated rings. The Hall–Kier alpha value is -1.89. The highest BCUT2D eigenvalue weighted by molar-refractivity contribution is 5.69. The van der Waals surface area contributed by atoms with Gasteiger partial charge in [0.15, 0.2) is 0 Å². The largest absolute Gasteiger partial charge is 0.469 e. The molecular formula is C12H20N4O3. The van der Waals surface area contributed by atoms with Gasteiger partial charge in [0.1, 0.15) is 18.0 Å². The van der Waals surface area contributed by atoms with Crippen LogP contribution >= 0.6 is 0 Å². The smallest absolute Gasteiger partial charge is 0.307 e. The van der Waals surface area contributed by atoms with Crippen molar-refractivity contribution in [1.29, 1.82) is 0 Å². The number of carbonyl (C=O) groups is 1. The summed E-state index contributed by atoms with van der Waals surface area (Å²) in [6.45, 7) is 1.97. The minimum Gasteiger partial charge on any atom is -0.469 e. The van der Waals surface area contributed by atoms with Crippen LogP contribution in [0.1, 0.15) is 12.8 Å². The number of nitrogens with zero attached hydrogens (tertiary/aromatic N) is 2. The molecule has 1 heterocycles. The molecule has 0 aliphatic heterocycles. The van der Waals surface area contributed by atoms with E-state index in [0.29, 0.717) is 25.4 Å². The topological polar surface area (TPSA) is 85.4 Å². The van der Waals surface area contributed by atoms with Crippen LogP contribution in [0.15, 0.2) is 12.4 Å². The molecule has 0 spiro atoms. The number of esters is 1. The van der Waals surface area contributed by atoms with Crippen molar-refractivity contribution in [3.63, 3.8) is 0 Å². The van der Waals surface area contributed by atoms with Crippen molar-refractivity contribution in [2.24, 2.45) is 0 Å². The number of hydrogen-bond donors (Lipinski definition) is 2. The third-order valence-electron chi connectivity index (χ3n) is 2.36. The van der Waals surface area contributed by atoms with Gasteiger partial charge in [0, 0.05) is 32.9 Å². The summed E-state index contributed by atoms with van der Waals surface area (Å²) in [5, 5.41) is 6.20. The molecule has 1 rings (SSSR count). The Morgan fingerprint density at radius 1 is 1.21 bits per heavy atom. The molecule has 0 aliphatic carbocycles. The normalized spacial score (nSPS) is 10.0. The van der Waals surface area contributed by atoms with Gasteiger partial charge in [0.25, 0.3) is 0 Å². The van der Waals surface area contributed by atoms with Crippen molar-refractivity contribution in [3.05, 3.63) is 12.4 Å². The van der Waals surface area contributed by atoms with Gasteiger partial charge in [0.2, 0.25) is 0 Å². The summed E-state index contributed by atoms with van der Waals surface area (Å²) >= 11 is 0. The van der Waals surface area contributed by atoms with Gasteiger partial charge in [0.05, 0.1) is 13.5 Å². The van der Waals surface area contributed by atoms with Crippen LogP contribution in [0.25, 0.3) is 0 Å². The van der Waals surface area contributed by atoms with E-state index >= 15 is 0 Å².